The Morgan fingerprint density at radius 1 is 1.12 bits per heavy atom. The van der Waals surface area contributed by atoms with Gasteiger partial charge in [-0.25, -0.2) is 0 Å². The van der Waals surface area contributed by atoms with Gasteiger partial charge in [0.1, 0.15) is 11.8 Å². The Balaban J connectivity index is 1.80. The van der Waals surface area contributed by atoms with Gasteiger partial charge in [0.2, 0.25) is 5.91 Å². The molecule has 1 aliphatic rings. The summed E-state index contributed by atoms with van der Waals surface area (Å²) in [6.45, 7) is 5.92. The molecule has 0 spiro atoms. The number of hydrogen-bond donors (Lipinski definition) is 1. The van der Waals surface area contributed by atoms with Crippen molar-refractivity contribution >= 4 is 50.9 Å². The summed E-state index contributed by atoms with van der Waals surface area (Å²) < 4.78 is 6.88. The maximum atomic E-state index is 13.4. The highest BCUT2D eigenvalue weighted by Crippen LogP contribution is 2.27. The van der Waals surface area contributed by atoms with Gasteiger partial charge in [-0.2, -0.15) is 0 Å². The van der Waals surface area contributed by atoms with Crippen LogP contribution in [0.2, 0.25) is 10.0 Å². The van der Waals surface area contributed by atoms with Crippen LogP contribution in [0, 0.1) is 13.8 Å². The van der Waals surface area contributed by atoms with E-state index in [9.17, 15) is 9.59 Å². The summed E-state index contributed by atoms with van der Waals surface area (Å²) in [4.78, 5) is 28.2. The minimum atomic E-state index is -0.612. The molecule has 1 unspecified atom stereocenters. The van der Waals surface area contributed by atoms with E-state index in [1.807, 2.05) is 39.0 Å². The molecule has 8 heteroatoms. The van der Waals surface area contributed by atoms with Crippen LogP contribution in [0.3, 0.4) is 0 Å². The summed E-state index contributed by atoms with van der Waals surface area (Å²) in [6, 6.07) is 8.58. The average molecular weight is 570 g/mol. The van der Waals surface area contributed by atoms with E-state index in [1.54, 1.807) is 17.0 Å². The molecule has 0 aromatic heterocycles. The van der Waals surface area contributed by atoms with E-state index in [1.165, 1.54) is 0 Å². The van der Waals surface area contributed by atoms with Gasteiger partial charge in [0.05, 0.1) is 10.0 Å². The van der Waals surface area contributed by atoms with Gasteiger partial charge in [-0.3, -0.25) is 9.59 Å². The molecular weight excluding hydrogens is 539 g/mol. The van der Waals surface area contributed by atoms with Crippen molar-refractivity contribution in [2.45, 2.75) is 71.5 Å². The third-order valence-electron chi connectivity index (χ3n) is 6.20. The smallest absolute Gasteiger partial charge is 0.261 e. The second-order valence-electron chi connectivity index (χ2n) is 8.84. The normalized spacial score (nSPS) is 14.6. The minimum absolute atomic E-state index is 0.127. The number of benzene rings is 2. The highest BCUT2D eigenvalue weighted by atomic mass is 79.9. The van der Waals surface area contributed by atoms with E-state index in [-0.39, 0.29) is 31.0 Å². The van der Waals surface area contributed by atoms with Gasteiger partial charge in [-0.15, -0.1) is 0 Å². The largest absolute Gasteiger partial charge is 0.484 e. The summed E-state index contributed by atoms with van der Waals surface area (Å²) in [5, 5.41) is 3.99. The predicted molar refractivity (Wildman–Crippen MR) is 141 cm³/mol. The lowest BCUT2D eigenvalue weighted by Gasteiger charge is -2.31. The molecule has 0 bridgehead atoms. The zero-order chi connectivity index (χ0) is 24.8. The van der Waals surface area contributed by atoms with E-state index in [2.05, 4.69) is 21.2 Å². The fourth-order valence-corrected chi connectivity index (χ4v) is 4.89. The van der Waals surface area contributed by atoms with Gasteiger partial charge in [-0.05, 0) is 74.1 Å². The Morgan fingerprint density at radius 3 is 2.35 bits per heavy atom. The molecule has 2 aromatic rings. The molecule has 1 aliphatic carbocycles. The van der Waals surface area contributed by atoms with Crippen LogP contribution in [0.1, 0.15) is 55.7 Å². The van der Waals surface area contributed by atoms with Crippen molar-refractivity contribution in [3.8, 4) is 5.75 Å². The van der Waals surface area contributed by atoms with E-state index in [0.717, 1.165) is 46.8 Å². The molecule has 0 aliphatic heterocycles. The van der Waals surface area contributed by atoms with Gasteiger partial charge in [0.25, 0.3) is 5.91 Å². The topological polar surface area (TPSA) is 58.6 Å². The number of carbonyl (C=O) groups excluding carboxylic acids is 2. The zero-order valence-corrected chi connectivity index (χ0v) is 22.9. The van der Waals surface area contributed by atoms with Crippen molar-refractivity contribution in [3.63, 3.8) is 0 Å². The Bertz CT molecular complexity index is 1020. The maximum absolute atomic E-state index is 13.4. The van der Waals surface area contributed by atoms with Gasteiger partial charge in [0.15, 0.2) is 6.61 Å². The number of ether oxygens (including phenoxy) is 1. The fraction of sp³-hybridized carbons (Fsp3) is 0.462. The summed E-state index contributed by atoms with van der Waals surface area (Å²) in [7, 11) is 0. The van der Waals surface area contributed by atoms with Crippen LogP contribution in [0.4, 0.5) is 0 Å². The van der Waals surface area contributed by atoms with Gasteiger partial charge in [0, 0.05) is 17.1 Å². The second-order valence-corrected chi connectivity index (χ2v) is 10.5. The monoisotopic (exact) mass is 568 g/mol. The molecule has 2 amide bonds. The molecule has 5 nitrogen and oxygen atoms in total. The molecular formula is C26H31BrCl2N2O3. The van der Waals surface area contributed by atoms with Crippen LogP contribution < -0.4 is 10.1 Å². The molecule has 1 N–H and O–H groups in total. The van der Waals surface area contributed by atoms with E-state index in [4.69, 9.17) is 27.9 Å². The molecule has 3 rings (SSSR count). The summed E-state index contributed by atoms with van der Waals surface area (Å²) >= 11 is 15.8. The number of amides is 2. The lowest BCUT2D eigenvalue weighted by atomic mass is 10.1. The lowest BCUT2D eigenvalue weighted by molar-refractivity contribution is -0.143. The van der Waals surface area contributed by atoms with Gasteiger partial charge >= 0.3 is 0 Å². The van der Waals surface area contributed by atoms with Crippen LogP contribution in [0.5, 0.6) is 5.75 Å². The first-order valence-corrected chi connectivity index (χ1v) is 13.2. The number of carbonyl (C=O) groups is 2. The molecule has 184 valence electrons. The van der Waals surface area contributed by atoms with Crippen LogP contribution in [-0.4, -0.2) is 35.4 Å². The SMILES string of the molecule is CCC(C(=O)NC1CCCC1)N(Cc1ccc(Cl)c(Cl)c1)C(=O)COc1cc(C)c(Br)c(C)c1. The number of halogens is 3. The molecule has 1 atom stereocenters. The zero-order valence-electron chi connectivity index (χ0n) is 19.8. The molecule has 1 saturated carbocycles. The quantitative estimate of drug-likeness (QED) is 0.369. The van der Waals surface area contributed by atoms with Crippen LogP contribution in [0.25, 0.3) is 0 Å². The number of nitrogens with zero attached hydrogens (tertiary/aromatic N) is 1. The molecule has 34 heavy (non-hydrogen) atoms. The second kappa shape index (κ2) is 12.3. The van der Waals surface area contributed by atoms with E-state index >= 15 is 0 Å². The third kappa shape index (κ3) is 6.89. The van der Waals surface area contributed by atoms with Crippen molar-refractivity contribution in [1.29, 1.82) is 0 Å². The Morgan fingerprint density at radius 2 is 1.76 bits per heavy atom. The lowest BCUT2D eigenvalue weighted by Crippen LogP contribution is -2.52. The standard InChI is InChI=1S/C26H31BrCl2N2O3/c1-4-23(26(33)30-19-7-5-6-8-19)31(14-18-9-10-21(28)22(29)13-18)24(32)15-34-20-11-16(2)25(27)17(3)12-20/h9-13,19,23H,4-8,14-15H2,1-3H3,(H,30,33). The first-order valence-electron chi connectivity index (χ1n) is 11.6. The Labute approximate surface area is 220 Å². The highest BCUT2D eigenvalue weighted by Gasteiger charge is 2.31. The third-order valence-corrected chi connectivity index (χ3v) is 8.19. The number of aryl methyl sites for hydroxylation is 2. The number of hydrogen-bond acceptors (Lipinski definition) is 3. The maximum Gasteiger partial charge on any atom is 0.261 e. The van der Waals surface area contributed by atoms with Gasteiger partial charge in [-0.1, -0.05) is 65.0 Å². The van der Waals surface area contributed by atoms with Crippen LogP contribution in [-0.2, 0) is 16.1 Å². The van der Waals surface area contributed by atoms with Crippen molar-refractivity contribution in [2.24, 2.45) is 0 Å². The van der Waals surface area contributed by atoms with Crippen molar-refractivity contribution in [1.82, 2.24) is 10.2 Å². The Kier molecular flexibility index (Phi) is 9.69. The minimum Gasteiger partial charge on any atom is -0.484 e. The molecule has 2 aromatic carbocycles. The molecule has 0 radical (unpaired) electrons. The average Bonchev–Trinajstić information content (AvgIpc) is 3.31. The number of rotatable bonds is 9. The predicted octanol–water partition coefficient (Wildman–Crippen LogP) is 6.62. The molecule has 0 saturated heterocycles. The summed E-state index contributed by atoms with van der Waals surface area (Å²) in [5.41, 5.74) is 2.85. The first kappa shape index (κ1) is 26.8. The summed E-state index contributed by atoms with van der Waals surface area (Å²) in [5.74, 6) is 0.223. The fourth-order valence-electron chi connectivity index (χ4n) is 4.34. The summed E-state index contributed by atoms with van der Waals surface area (Å²) in [6.07, 6.45) is 4.69. The van der Waals surface area contributed by atoms with Crippen LogP contribution >= 0.6 is 39.1 Å². The molecule has 1 fully saturated rings. The van der Waals surface area contributed by atoms with Crippen molar-refractivity contribution in [2.75, 3.05) is 6.61 Å². The van der Waals surface area contributed by atoms with E-state index < -0.39 is 6.04 Å². The Hall–Kier alpha value is -1.76. The highest BCUT2D eigenvalue weighted by molar-refractivity contribution is 9.10. The van der Waals surface area contributed by atoms with Crippen LogP contribution in [0.15, 0.2) is 34.8 Å². The molecule has 0 heterocycles. The number of nitrogens with one attached hydrogen (secondary N) is 1. The van der Waals surface area contributed by atoms with E-state index in [0.29, 0.717) is 22.2 Å². The van der Waals surface area contributed by atoms with Gasteiger partial charge < -0.3 is 15.0 Å². The van der Waals surface area contributed by atoms with Crippen molar-refractivity contribution < 1.29 is 14.3 Å². The van der Waals surface area contributed by atoms with Crippen molar-refractivity contribution in [3.05, 3.63) is 61.5 Å². The first-order chi connectivity index (χ1) is 16.2.